The number of hydrogen-bond acceptors (Lipinski definition) is 2. The molecule has 1 aromatic heterocycles. The Balaban J connectivity index is 1.61. The molecule has 4 nitrogen and oxygen atoms in total. The second-order valence-electron chi connectivity index (χ2n) is 6.86. The molecule has 0 fully saturated rings. The van der Waals surface area contributed by atoms with E-state index in [9.17, 15) is 4.79 Å². The van der Waals surface area contributed by atoms with E-state index in [1.807, 2.05) is 42.5 Å². The standard InChI is InChI=1S/C21H25N3O/c1-15(2)14-19(16-8-4-3-5-9-16)24-21(25)13-12-20-22-17-10-6-7-11-18(17)23-20/h3-11,15,19H,12-14H2,1-2H3,(H,22,23)(H,24,25)/t19-/m1/s1. The largest absolute Gasteiger partial charge is 0.349 e. The minimum atomic E-state index is 0.0596. The number of aromatic amines is 1. The topological polar surface area (TPSA) is 57.8 Å². The molecule has 0 spiro atoms. The van der Waals surface area contributed by atoms with Crippen LogP contribution < -0.4 is 5.32 Å². The maximum atomic E-state index is 12.4. The summed E-state index contributed by atoms with van der Waals surface area (Å²) in [5.74, 6) is 1.44. The van der Waals surface area contributed by atoms with Crippen LogP contribution in [0.5, 0.6) is 0 Å². The van der Waals surface area contributed by atoms with Crippen molar-refractivity contribution in [2.45, 2.75) is 39.2 Å². The Bertz CT molecular complexity index is 790. The van der Waals surface area contributed by atoms with Crippen molar-refractivity contribution in [3.8, 4) is 0 Å². The first-order valence-corrected chi connectivity index (χ1v) is 8.90. The maximum absolute atomic E-state index is 12.4. The molecule has 4 heteroatoms. The van der Waals surface area contributed by atoms with Gasteiger partial charge in [-0.25, -0.2) is 4.98 Å². The molecule has 130 valence electrons. The highest BCUT2D eigenvalue weighted by Crippen LogP contribution is 2.21. The summed E-state index contributed by atoms with van der Waals surface area (Å²) in [6.07, 6.45) is 1.98. The van der Waals surface area contributed by atoms with Crippen LogP contribution >= 0.6 is 0 Å². The number of imidazole rings is 1. The monoisotopic (exact) mass is 335 g/mol. The van der Waals surface area contributed by atoms with Crippen LogP contribution in [0.3, 0.4) is 0 Å². The average molecular weight is 335 g/mol. The van der Waals surface area contributed by atoms with Crippen molar-refractivity contribution in [1.29, 1.82) is 0 Å². The van der Waals surface area contributed by atoms with E-state index in [4.69, 9.17) is 0 Å². The fourth-order valence-electron chi connectivity index (χ4n) is 3.06. The Labute approximate surface area is 148 Å². The van der Waals surface area contributed by atoms with Gasteiger partial charge in [-0.05, 0) is 30.0 Å². The highest BCUT2D eigenvalue weighted by molar-refractivity contribution is 5.77. The number of nitrogens with one attached hydrogen (secondary N) is 2. The van der Waals surface area contributed by atoms with Crippen LogP contribution in [0, 0.1) is 5.92 Å². The number of amides is 1. The van der Waals surface area contributed by atoms with Crippen LogP contribution in [0.15, 0.2) is 54.6 Å². The third kappa shape index (κ3) is 4.69. The van der Waals surface area contributed by atoms with Crippen molar-refractivity contribution in [3.63, 3.8) is 0 Å². The van der Waals surface area contributed by atoms with Crippen molar-refractivity contribution in [2.75, 3.05) is 0 Å². The third-order valence-electron chi connectivity index (χ3n) is 4.27. The molecular formula is C21H25N3O. The number of fused-ring (bicyclic) bond motifs is 1. The zero-order valence-electron chi connectivity index (χ0n) is 14.8. The van der Waals surface area contributed by atoms with E-state index in [1.165, 1.54) is 0 Å². The Morgan fingerprint density at radius 1 is 1.08 bits per heavy atom. The predicted molar refractivity (Wildman–Crippen MR) is 101 cm³/mol. The summed E-state index contributed by atoms with van der Waals surface area (Å²) in [6.45, 7) is 4.35. The van der Waals surface area contributed by atoms with Gasteiger partial charge in [0.15, 0.2) is 0 Å². The molecule has 1 atom stereocenters. The fraction of sp³-hybridized carbons (Fsp3) is 0.333. The van der Waals surface area contributed by atoms with Gasteiger partial charge in [0.25, 0.3) is 0 Å². The second-order valence-corrected chi connectivity index (χ2v) is 6.86. The molecule has 0 aliphatic carbocycles. The number of H-pyrrole nitrogens is 1. The number of nitrogens with zero attached hydrogens (tertiary/aromatic N) is 1. The molecule has 0 aliphatic rings. The van der Waals surface area contributed by atoms with Gasteiger partial charge in [-0.3, -0.25) is 4.79 Å². The lowest BCUT2D eigenvalue weighted by Gasteiger charge is -2.21. The molecule has 1 heterocycles. The van der Waals surface area contributed by atoms with Crippen molar-refractivity contribution >= 4 is 16.9 Å². The van der Waals surface area contributed by atoms with Gasteiger partial charge in [-0.1, -0.05) is 56.3 Å². The molecule has 2 aromatic carbocycles. The molecule has 0 unspecified atom stereocenters. The summed E-state index contributed by atoms with van der Waals surface area (Å²) in [5.41, 5.74) is 3.12. The summed E-state index contributed by atoms with van der Waals surface area (Å²) in [6, 6.07) is 18.2. The summed E-state index contributed by atoms with van der Waals surface area (Å²) in [4.78, 5) is 20.3. The first kappa shape index (κ1) is 17.2. The third-order valence-corrected chi connectivity index (χ3v) is 4.27. The normalized spacial score (nSPS) is 12.4. The van der Waals surface area contributed by atoms with E-state index in [1.54, 1.807) is 0 Å². The first-order chi connectivity index (χ1) is 12.1. The number of benzene rings is 2. The fourth-order valence-corrected chi connectivity index (χ4v) is 3.06. The number of aromatic nitrogens is 2. The molecule has 0 saturated carbocycles. The van der Waals surface area contributed by atoms with Gasteiger partial charge in [-0.15, -0.1) is 0 Å². The van der Waals surface area contributed by atoms with Crippen LogP contribution in [-0.2, 0) is 11.2 Å². The molecule has 3 aromatic rings. The number of carbonyl (C=O) groups is 1. The maximum Gasteiger partial charge on any atom is 0.220 e. The molecule has 25 heavy (non-hydrogen) atoms. The van der Waals surface area contributed by atoms with Crippen LogP contribution in [-0.4, -0.2) is 15.9 Å². The Morgan fingerprint density at radius 3 is 2.52 bits per heavy atom. The van der Waals surface area contributed by atoms with Gasteiger partial charge in [0.1, 0.15) is 5.82 Å². The lowest BCUT2D eigenvalue weighted by molar-refractivity contribution is -0.121. The predicted octanol–water partition coefficient (Wildman–Crippen LogP) is 4.40. The van der Waals surface area contributed by atoms with Gasteiger partial charge >= 0.3 is 0 Å². The summed E-state index contributed by atoms with van der Waals surface area (Å²) in [5, 5.41) is 3.19. The molecule has 2 N–H and O–H groups in total. The van der Waals surface area contributed by atoms with Crippen LogP contribution in [0.25, 0.3) is 11.0 Å². The van der Waals surface area contributed by atoms with E-state index >= 15 is 0 Å². The van der Waals surface area contributed by atoms with Crippen LogP contribution in [0.4, 0.5) is 0 Å². The van der Waals surface area contributed by atoms with E-state index in [0.29, 0.717) is 18.8 Å². The summed E-state index contributed by atoms with van der Waals surface area (Å²) in [7, 11) is 0. The summed E-state index contributed by atoms with van der Waals surface area (Å²) < 4.78 is 0. The Hall–Kier alpha value is -2.62. The number of carbonyl (C=O) groups excluding carboxylic acids is 1. The number of rotatable bonds is 7. The Morgan fingerprint density at radius 2 is 1.80 bits per heavy atom. The SMILES string of the molecule is CC(C)C[C@@H](NC(=O)CCc1nc2ccccc2[nH]1)c1ccccc1. The molecule has 0 radical (unpaired) electrons. The van der Waals surface area contributed by atoms with E-state index in [2.05, 4.69) is 41.3 Å². The highest BCUT2D eigenvalue weighted by atomic mass is 16.1. The van der Waals surface area contributed by atoms with E-state index < -0.39 is 0 Å². The second kappa shape index (κ2) is 7.97. The smallest absolute Gasteiger partial charge is 0.220 e. The minimum Gasteiger partial charge on any atom is -0.349 e. The summed E-state index contributed by atoms with van der Waals surface area (Å²) >= 11 is 0. The van der Waals surface area contributed by atoms with Gasteiger partial charge in [0, 0.05) is 12.8 Å². The molecule has 3 rings (SSSR count). The zero-order valence-corrected chi connectivity index (χ0v) is 14.8. The lowest BCUT2D eigenvalue weighted by Crippen LogP contribution is -2.29. The highest BCUT2D eigenvalue weighted by Gasteiger charge is 2.16. The first-order valence-electron chi connectivity index (χ1n) is 8.90. The molecule has 0 saturated heterocycles. The minimum absolute atomic E-state index is 0.0596. The van der Waals surface area contributed by atoms with Crippen molar-refractivity contribution in [2.24, 2.45) is 5.92 Å². The van der Waals surface area contributed by atoms with Gasteiger partial charge in [-0.2, -0.15) is 0 Å². The molecule has 1 amide bonds. The van der Waals surface area contributed by atoms with Crippen molar-refractivity contribution in [3.05, 3.63) is 66.0 Å². The van der Waals surface area contributed by atoms with Crippen LogP contribution in [0.1, 0.15) is 44.1 Å². The van der Waals surface area contributed by atoms with Crippen LogP contribution in [0.2, 0.25) is 0 Å². The number of aryl methyl sites for hydroxylation is 1. The van der Waals surface area contributed by atoms with E-state index in [0.717, 1.165) is 28.8 Å². The molecular weight excluding hydrogens is 310 g/mol. The van der Waals surface area contributed by atoms with E-state index in [-0.39, 0.29) is 11.9 Å². The van der Waals surface area contributed by atoms with Gasteiger partial charge in [0.05, 0.1) is 17.1 Å². The van der Waals surface area contributed by atoms with Crippen molar-refractivity contribution < 1.29 is 4.79 Å². The zero-order chi connectivity index (χ0) is 17.6. The number of para-hydroxylation sites is 2. The lowest BCUT2D eigenvalue weighted by atomic mass is 9.97. The quantitative estimate of drug-likeness (QED) is 0.672. The van der Waals surface area contributed by atoms with Gasteiger partial charge < -0.3 is 10.3 Å². The molecule has 0 aliphatic heterocycles. The molecule has 0 bridgehead atoms. The van der Waals surface area contributed by atoms with Crippen molar-refractivity contribution in [1.82, 2.24) is 15.3 Å². The van der Waals surface area contributed by atoms with Gasteiger partial charge in [0.2, 0.25) is 5.91 Å². The Kier molecular flexibility index (Phi) is 5.49. The average Bonchev–Trinajstić information content (AvgIpc) is 3.03. The number of hydrogen-bond donors (Lipinski definition) is 2.